The minimum Gasteiger partial charge on any atom is -0.482 e. The van der Waals surface area contributed by atoms with Gasteiger partial charge >= 0.3 is 5.97 Å². The molecule has 3 rings (SSSR count). The number of carbonyl (C=O) groups is 1. The molecule has 22 heavy (non-hydrogen) atoms. The number of ether oxygens (including phenoxy) is 2. The molecule has 5 heteroatoms. The maximum atomic E-state index is 11.8. The number of hydrogen-bond acceptors (Lipinski definition) is 4. The topological polar surface area (TPSA) is 48.4 Å². The molecule has 110 valence electrons. The third-order valence-electron chi connectivity index (χ3n) is 3.03. The van der Waals surface area contributed by atoms with E-state index in [1.807, 2.05) is 42.5 Å². The largest absolute Gasteiger partial charge is 0.482 e. The van der Waals surface area contributed by atoms with Crippen molar-refractivity contribution in [2.45, 2.75) is 0 Å². The van der Waals surface area contributed by atoms with Crippen molar-refractivity contribution < 1.29 is 14.3 Å². The van der Waals surface area contributed by atoms with Gasteiger partial charge in [-0.2, -0.15) is 0 Å². The minimum absolute atomic E-state index is 0.167. The fourth-order valence-corrected chi connectivity index (χ4v) is 2.33. The molecule has 0 saturated heterocycles. The molecule has 4 nitrogen and oxygen atoms in total. The van der Waals surface area contributed by atoms with Gasteiger partial charge < -0.3 is 9.47 Å². The molecule has 0 fully saturated rings. The van der Waals surface area contributed by atoms with E-state index in [0.29, 0.717) is 16.1 Å². The van der Waals surface area contributed by atoms with Gasteiger partial charge in [-0.05, 0) is 51.0 Å². The highest BCUT2D eigenvalue weighted by Crippen LogP contribution is 2.22. The van der Waals surface area contributed by atoms with Crippen LogP contribution in [0.2, 0.25) is 0 Å². The van der Waals surface area contributed by atoms with Crippen LogP contribution >= 0.6 is 15.9 Å². The molecule has 0 unspecified atom stereocenters. The van der Waals surface area contributed by atoms with Gasteiger partial charge in [0.2, 0.25) is 0 Å². The van der Waals surface area contributed by atoms with Gasteiger partial charge in [-0.3, -0.25) is 0 Å². The molecule has 0 atom stereocenters. The SMILES string of the molecule is O=C(COc1ccc2ccccc2c1)Oc1cccnc1Br. The van der Waals surface area contributed by atoms with E-state index in [1.54, 1.807) is 18.3 Å². The maximum Gasteiger partial charge on any atom is 0.349 e. The van der Waals surface area contributed by atoms with Gasteiger partial charge in [0.1, 0.15) is 10.4 Å². The van der Waals surface area contributed by atoms with Crippen LogP contribution in [0, 0.1) is 0 Å². The predicted octanol–water partition coefficient (Wildman–Crippen LogP) is 3.98. The molecule has 0 aliphatic rings. The zero-order chi connectivity index (χ0) is 15.4. The van der Waals surface area contributed by atoms with E-state index in [0.717, 1.165) is 10.8 Å². The monoisotopic (exact) mass is 357 g/mol. The normalized spacial score (nSPS) is 10.4. The molecular formula is C17H12BrNO3. The molecule has 2 aromatic carbocycles. The molecule has 0 spiro atoms. The van der Waals surface area contributed by atoms with Crippen molar-refractivity contribution in [2.75, 3.05) is 6.61 Å². The van der Waals surface area contributed by atoms with E-state index in [1.165, 1.54) is 0 Å². The van der Waals surface area contributed by atoms with Crippen LogP contribution in [-0.4, -0.2) is 17.6 Å². The van der Waals surface area contributed by atoms with Gasteiger partial charge in [0.25, 0.3) is 0 Å². The Kier molecular flexibility index (Phi) is 4.34. The van der Waals surface area contributed by atoms with Crippen LogP contribution in [0.4, 0.5) is 0 Å². The Morgan fingerprint density at radius 1 is 1.05 bits per heavy atom. The quantitative estimate of drug-likeness (QED) is 0.523. The first-order valence-corrected chi connectivity index (χ1v) is 7.44. The van der Waals surface area contributed by atoms with Crippen LogP contribution in [-0.2, 0) is 4.79 Å². The number of pyridine rings is 1. The summed E-state index contributed by atoms with van der Waals surface area (Å²) in [7, 11) is 0. The summed E-state index contributed by atoms with van der Waals surface area (Å²) >= 11 is 3.22. The number of halogens is 1. The van der Waals surface area contributed by atoms with Gasteiger partial charge in [0.05, 0.1) is 0 Å². The second kappa shape index (κ2) is 6.58. The first-order chi connectivity index (χ1) is 10.7. The summed E-state index contributed by atoms with van der Waals surface area (Å²) in [5.74, 6) is 0.511. The Bertz CT molecular complexity index is 820. The summed E-state index contributed by atoms with van der Waals surface area (Å²) < 4.78 is 11.1. The smallest absolute Gasteiger partial charge is 0.349 e. The molecule has 0 radical (unpaired) electrons. The molecule has 0 saturated carbocycles. The second-order valence-corrected chi connectivity index (χ2v) is 5.32. The maximum absolute atomic E-state index is 11.8. The average molecular weight is 358 g/mol. The van der Waals surface area contributed by atoms with E-state index >= 15 is 0 Å². The molecule has 0 aliphatic heterocycles. The van der Waals surface area contributed by atoms with Gasteiger partial charge in [-0.1, -0.05) is 30.3 Å². The third-order valence-corrected chi connectivity index (χ3v) is 3.62. The fourth-order valence-electron chi connectivity index (χ4n) is 2.00. The lowest BCUT2D eigenvalue weighted by Crippen LogP contribution is -2.18. The van der Waals surface area contributed by atoms with Crippen molar-refractivity contribution in [3.63, 3.8) is 0 Å². The Morgan fingerprint density at radius 2 is 1.86 bits per heavy atom. The van der Waals surface area contributed by atoms with E-state index < -0.39 is 5.97 Å². The first kappa shape index (κ1) is 14.5. The lowest BCUT2D eigenvalue weighted by atomic mass is 10.1. The van der Waals surface area contributed by atoms with Crippen LogP contribution in [0.25, 0.3) is 10.8 Å². The molecule has 1 aromatic heterocycles. The zero-order valence-electron chi connectivity index (χ0n) is 11.5. The number of carbonyl (C=O) groups excluding carboxylic acids is 1. The Balaban J connectivity index is 1.63. The molecule has 0 amide bonds. The van der Waals surface area contributed by atoms with Crippen LogP contribution < -0.4 is 9.47 Å². The molecular weight excluding hydrogens is 346 g/mol. The molecule has 0 aliphatic carbocycles. The summed E-state index contributed by atoms with van der Waals surface area (Å²) in [4.78, 5) is 15.8. The predicted molar refractivity (Wildman–Crippen MR) is 87.0 cm³/mol. The molecule has 3 aromatic rings. The van der Waals surface area contributed by atoms with E-state index in [4.69, 9.17) is 9.47 Å². The zero-order valence-corrected chi connectivity index (χ0v) is 13.1. The molecule has 1 heterocycles. The van der Waals surface area contributed by atoms with Crippen LogP contribution in [0.1, 0.15) is 0 Å². The minimum atomic E-state index is -0.484. The van der Waals surface area contributed by atoms with Crippen molar-refractivity contribution in [2.24, 2.45) is 0 Å². The van der Waals surface area contributed by atoms with Crippen molar-refractivity contribution >= 4 is 32.7 Å². The third kappa shape index (κ3) is 3.43. The van der Waals surface area contributed by atoms with E-state index in [9.17, 15) is 4.79 Å². The highest BCUT2D eigenvalue weighted by molar-refractivity contribution is 9.10. The Morgan fingerprint density at radius 3 is 2.68 bits per heavy atom. The summed E-state index contributed by atoms with van der Waals surface area (Å²) in [5.41, 5.74) is 0. The number of benzene rings is 2. The molecule has 0 N–H and O–H groups in total. The standard InChI is InChI=1S/C17H12BrNO3/c18-17-15(6-3-9-19-17)22-16(20)11-21-14-8-7-12-4-1-2-5-13(12)10-14/h1-10H,11H2. The number of aromatic nitrogens is 1. The second-order valence-electron chi connectivity index (χ2n) is 4.56. The number of esters is 1. The number of nitrogens with zero attached hydrogens (tertiary/aromatic N) is 1. The Labute approximate surface area is 135 Å². The lowest BCUT2D eigenvalue weighted by molar-refractivity contribution is -0.136. The molecule has 0 bridgehead atoms. The van der Waals surface area contributed by atoms with E-state index in [2.05, 4.69) is 20.9 Å². The fraction of sp³-hybridized carbons (Fsp3) is 0.0588. The van der Waals surface area contributed by atoms with Gasteiger partial charge in [0.15, 0.2) is 12.4 Å². The van der Waals surface area contributed by atoms with Crippen molar-refractivity contribution in [1.29, 1.82) is 0 Å². The highest BCUT2D eigenvalue weighted by atomic mass is 79.9. The van der Waals surface area contributed by atoms with Crippen LogP contribution in [0.15, 0.2) is 65.4 Å². The van der Waals surface area contributed by atoms with Gasteiger partial charge in [-0.25, -0.2) is 9.78 Å². The van der Waals surface area contributed by atoms with Crippen molar-refractivity contribution in [3.05, 3.63) is 65.4 Å². The van der Waals surface area contributed by atoms with Crippen molar-refractivity contribution in [1.82, 2.24) is 4.98 Å². The highest BCUT2D eigenvalue weighted by Gasteiger charge is 2.09. The number of hydrogen-bond donors (Lipinski definition) is 0. The summed E-state index contributed by atoms with van der Waals surface area (Å²) in [6.07, 6.45) is 1.60. The number of rotatable bonds is 4. The summed E-state index contributed by atoms with van der Waals surface area (Å²) in [5, 5.41) is 2.18. The van der Waals surface area contributed by atoms with Gasteiger partial charge in [-0.15, -0.1) is 0 Å². The van der Waals surface area contributed by atoms with Crippen molar-refractivity contribution in [3.8, 4) is 11.5 Å². The van der Waals surface area contributed by atoms with Gasteiger partial charge in [0, 0.05) is 6.20 Å². The number of fused-ring (bicyclic) bond motifs is 1. The average Bonchev–Trinajstić information content (AvgIpc) is 2.55. The van der Waals surface area contributed by atoms with E-state index in [-0.39, 0.29) is 6.61 Å². The van der Waals surface area contributed by atoms with Crippen LogP contribution in [0.3, 0.4) is 0 Å². The summed E-state index contributed by atoms with van der Waals surface area (Å²) in [6.45, 7) is -0.167. The first-order valence-electron chi connectivity index (χ1n) is 6.65. The van der Waals surface area contributed by atoms with Crippen LogP contribution in [0.5, 0.6) is 11.5 Å². The lowest BCUT2D eigenvalue weighted by Gasteiger charge is -2.08. The Hall–Kier alpha value is -2.40. The summed E-state index contributed by atoms with van der Waals surface area (Å²) in [6, 6.07) is 17.0.